The standard InChI is InChI=1S/C8H6N2.C2H6/c1-3-7-8(9-5-1)4-2-6-10-7;1-2/h1-6H;1-2H3/p+1. The predicted octanol–water partition coefficient (Wildman–Crippen LogP) is 2.08. The number of aromatic nitrogens is 2. The van der Waals surface area contributed by atoms with Crippen molar-refractivity contribution < 1.29 is 4.98 Å². The number of nitrogens with one attached hydrogen (secondary N) is 1. The minimum atomic E-state index is 1.00. The molecule has 0 aliphatic carbocycles. The summed E-state index contributed by atoms with van der Waals surface area (Å²) in [6, 6.07) is 7.84. The number of aromatic amines is 1. The molecule has 2 aromatic rings. The van der Waals surface area contributed by atoms with E-state index >= 15 is 0 Å². The van der Waals surface area contributed by atoms with Crippen LogP contribution in [-0.2, 0) is 0 Å². The molecule has 2 heteroatoms. The van der Waals surface area contributed by atoms with Crippen molar-refractivity contribution in [2.24, 2.45) is 0 Å². The van der Waals surface area contributed by atoms with Crippen molar-refractivity contribution >= 4 is 11.0 Å². The highest BCUT2D eigenvalue weighted by Gasteiger charge is 1.94. The lowest BCUT2D eigenvalue weighted by atomic mass is 10.3. The smallest absolute Gasteiger partial charge is 0.229 e. The zero-order valence-corrected chi connectivity index (χ0v) is 7.41. The molecular formula is C10H13N2+. The second kappa shape index (κ2) is 4.44. The van der Waals surface area contributed by atoms with E-state index in [9.17, 15) is 0 Å². The molecule has 0 amide bonds. The van der Waals surface area contributed by atoms with E-state index in [1.165, 1.54) is 0 Å². The molecule has 0 fully saturated rings. The average Bonchev–Trinajstić information content (AvgIpc) is 2.21. The van der Waals surface area contributed by atoms with Crippen LogP contribution in [0.25, 0.3) is 11.0 Å². The summed E-state index contributed by atoms with van der Waals surface area (Å²) in [6.07, 6.45) is 3.68. The van der Waals surface area contributed by atoms with Crippen molar-refractivity contribution in [1.29, 1.82) is 0 Å². The van der Waals surface area contributed by atoms with Gasteiger partial charge in [0.15, 0.2) is 6.20 Å². The van der Waals surface area contributed by atoms with Crippen molar-refractivity contribution in [1.82, 2.24) is 4.98 Å². The maximum absolute atomic E-state index is 4.15. The first kappa shape index (κ1) is 8.65. The second-order valence-electron chi connectivity index (χ2n) is 2.11. The summed E-state index contributed by atoms with van der Waals surface area (Å²) in [6.45, 7) is 4.00. The lowest BCUT2D eigenvalue weighted by Crippen LogP contribution is -2.00. The van der Waals surface area contributed by atoms with Crippen molar-refractivity contribution in [3.63, 3.8) is 0 Å². The van der Waals surface area contributed by atoms with Crippen LogP contribution >= 0.6 is 0 Å². The van der Waals surface area contributed by atoms with Crippen LogP contribution in [0.4, 0.5) is 0 Å². The topological polar surface area (TPSA) is 27.0 Å². The van der Waals surface area contributed by atoms with Crippen LogP contribution in [-0.4, -0.2) is 4.98 Å². The molecular weight excluding hydrogens is 148 g/mol. The molecule has 0 bridgehead atoms. The number of rotatable bonds is 0. The molecule has 62 valence electrons. The molecule has 0 aromatic carbocycles. The maximum Gasteiger partial charge on any atom is 0.229 e. The second-order valence-corrected chi connectivity index (χ2v) is 2.11. The molecule has 0 spiro atoms. The summed E-state index contributed by atoms with van der Waals surface area (Å²) in [5.74, 6) is 0. The Balaban J connectivity index is 0.000000336. The van der Waals surface area contributed by atoms with Crippen LogP contribution in [0, 0.1) is 0 Å². The normalized spacial score (nSPS) is 8.83. The van der Waals surface area contributed by atoms with Gasteiger partial charge in [-0.15, -0.1) is 0 Å². The van der Waals surface area contributed by atoms with Crippen molar-refractivity contribution in [3.8, 4) is 0 Å². The van der Waals surface area contributed by atoms with E-state index in [0.717, 1.165) is 11.0 Å². The van der Waals surface area contributed by atoms with Crippen molar-refractivity contribution in [2.45, 2.75) is 13.8 Å². The predicted molar refractivity (Wildman–Crippen MR) is 49.6 cm³/mol. The van der Waals surface area contributed by atoms with Gasteiger partial charge in [-0.2, -0.15) is 0 Å². The number of fused-ring (bicyclic) bond motifs is 1. The number of hydrogen-bond donors (Lipinski definition) is 0. The molecule has 2 nitrogen and oxygen atoms in total. The third-order valence-corrected chi connectivity index (χ3v) is 1.43. The number of H-pyrrole nitrogens is 1. The Morgan fingerprint density at radius 3 is 2.75 bits per heavy atom. The molecule has 2 heterocycles. The molecule has 0 radical (unpaired) electrons. The first-order valence-corrected chi connectivity index (χ1v) is 4.18. The number of pyridine rings is 2. The Labute approximate surface area is 72.3 Å². The van der Waals surface area contributed by atoms with E-state index in [4.69, 9.17) is 0 Å². The third-order valence-electron chi connectivity index (χ3n) is 1.43. The maximum atomic E-state index is 4.15. The van der Waals surface area contributed by atoms with Gasteiger partial charge in [-0.05, 0) is 12.1 Å². The van der Waals surface area contributed by atoms with Crippen LogP contribution in [0.1, 0.15) is 13.8 Å². The fourth-order valence-electron chi connectivity index (χ4n) is 0.950. The third kappa shape index (κ3) is 1.78. The van der Waals surface area contributed by atoms with Gasteiger partial charge < -0.3 is 0 Å². The van der Waals surface area contributed by atoms with Crippen LogP contribution in [0.2, 0.25) is 0 Å². The summed E-state index contributed by atoms with van der Waals surface area (Å²) in [7, 11) is 0. The van der Waals surface area contributed by atoms with E-state index in [-0.39, 0.29) is 0 Å². The highest BCUT2D eigenvalue weighted by atomic mass is 14.7. The summed E-state index contributed by atoms with van der Waals surface area (Å²) < 4.78 is 0. The van der Waals surface area contributed by atoms with Gasteiger partial charge in [-0.1, -0.05) is 13.8 Å². The Morgan fingerprint density at radius 2 is 2.00 bits per heavy atom. The molecule has 0 aliphatic heterocycles. The highest BCUT2D eigenvalue weighted by Crippen LogP contribution is 2.00. The van der Waals surface area contributed by atoms with Gasteiger partial charge >= 0.3 is 0 Å². The number of nitrogens with zero attached hydrogens (tertiary/aromatic N) is 1. The summed E-state index contributed by atoms with van der Waals surface area (Å²) in [5, 5.41) is 0. The molecule has 1 N–H and O–H groups in total. The quantitative estimate of drug-likeness (QED) is 0.581. The van der Waals surface area contributed by atoms with Crippen LogP contribution in [0.15, 0.2) is 36.7 Å². The van der Waals surface area contributed by atoms with Crippen LogP contribution in [0.5, 0.6) is 0 Å². The lowest BCUT2D eigenvalue weighted by Gasteiger charge is -1.85. The Hall–Kier alpha value is -1.44. The molecule has 0 atom stereocenters. The minimum absolute atomic E-state index is 1.00. The van der Waals surface area contributed by atoms with E-state index in [0.29, 0.717) is 0 Å². The molecule has 2 aromatic heterocycles. The first-order valence-electron chi connectivity index (χ1n) is 4.18. The molecule has 0 unspecified atom stereocenters. The van der Waals surface area contributed by atoms with Gasteiger partial charge in [0.2, 0.25) is 5.52 Å². The summed E-state index contributed by atoms with van der Waals surface area (Å²) >= 11 is 0. The fourth-order valence-corrected chi connectivity index (χ4v) is 0.950. The van der Waals surface area contributed by atoms with Gasteiger partial charge in [0.1, 0.15) is 5.52 Å². The minimum Gasteiger partial charge on any atom is -0.250 e. The van der Waals surface area contributed by atoms with Crippen molar-refractivity contribution in [2.75, 3.05) is 0 Å². The van der Waals surface area contributed by atoms with Crippen LogP contribution < -0.4 is 4.98 Å². The Morgan fingerprint density at radius 1 is 1.17 bits per heavy atom. The molecule has 2 rings (SSSR count). The summed E-state index contributed by atoms with van der Waals surface area (Å²) in [4.78, 5) is 7.24. The van der Waals surface area contributed by atoms with Gasteiger partial charge in [-0.3, -0.25) is 0 Å². The zero-order valence-electron chi connectivity index (χ0n) is 7.41. The average molecular weight is 161 g/mol. The molecule has 0 saturated heterocycles. The Kier molecular flexibility index (Phi) is 3.20. The fraction of sp³-hybridized carbons (Fsp3) is 0.200. The van der Waals surface area contributed by atoms with Gasteiger partial charge in [-0.25, -0.2) is 9.97 Å². The van der Waals surface area contributed by atoms with E-state index in [1.807, 2.05) is 44.3 Å². The SMILES string of the molecule is CC.c1c[nH+]c2cccnc2c1. The van der Waals surface area contributed by atoms with E-state index < -0.39 is 0 Å². The highest BCUT2D eigenvalue weighted by molar-refractivity contribution is 5.69. The molecule has 12 heavy (non-hydrogen) atoms. The summed E-state index contributed by atoms with van der Waals surface area (Å²) in [5.41, 5.74) is 2.08. The van der Waals surface area contributed by atoms with Gasteiger partial charge in [0.25, 0.3) is 0 Å². The number of hydrogen-bond acceptors (Lipinski definition) is 1. The molecule has 0 saturated carbocycles. The largest absolute Gasteiger partial charge is 0.250 e. The van der Waals surface area contributed by atoms with Crippen LogP contribution in [0.3, 0.4) is 0 Å². The zero-order chi connectivity index (χ0) is 8.81. The molecule has 0 aliphatic rings. The monoisotopic (exact) mass is 161 g/mol. The van der Waals surface area contributed by atoms with Crippen molar-refractivity contribution in [3.05, 3.63) is 36.7 Å². The first-order chi connectivity index (χ1) is 5.97. The van der Waals surface area contributed by atoms with E-state index in [1.54, 1.807) is 6.20 Å². The van der Waals surface area contributed by atoms with E-state index in [2.05, 4.69) is 9.97 Å². The van der Waals surface area contributed by atoms with Gasteiger partial charge in [0, 0.05) is 18.3 Å². The lowest BCUT2D eigenvalue weighted by molar-refractivity contribution is -0.344. The Bertz CT molecular complexity index is 279. The van der Waals surface area contributed by atoms with Gasteiger partial charge in [0.05, 0.1) is 0 Å².